The van der Waals surface area contributed by atoms with Crippen LogP contribution in [0.1, 0.15) is 15.9 Å². The number of ether oxygens (including phenoxy) is 2. The third-order valence-electron chi connectivity index (χ3n) is 4.18. The number of rotatable bonds is 6. The minimum atomic E-state index is -0.352. The monoisotopic (exact) mass is 412 g/mol. The van der Waals surface area contributed by atoms with Crippen LogP contribution in [0, 0.1) is 0 Å². The van der Waals surface area contributed by atoms with Crippen molar-refractivity contribution in [2.45, 2.75) is 6.54 Å². The molecular formula is C19H17ClN6O3. The van der Waals surface area contributed by atoms with Gasteiger partial charge in [-0.05, 0) is 42.0 Å². The highest BCUT2D eigenvalue weighted by molar-refractivity contribution is 6.30. The fourth-order valence-electron chi connectivity index (χ4n) is 2.66. The zero-order chi connectivity index (χ0) is 20.2. The Bertz CT molecular complexity index is 1040. The number of anilines is 3. The predicted molar refractivity (Wildman–Crippen MR) is 109 cm³/mol. The zero-order valence-electron chi connectivity index (χ0n) is 15.1. The number of hydrogen-bond acceptors (Lipinski definition) is 8. The topological polar surface area (TPSA) is 123 Å². The summed E-state index contributed by atoms with van der Waals surface area (Å²) in [6.07, 6.45) is 1.34. The van der Waals surface area contributed by atoms with Gasteiger partial charge in [-0.2, -0.15) is 0 Å². The molecule has 1 aliphatic heterocycles. The fraction of sp³-hybridized carbons (Fsp3) is 0.105. The third kappa shape index (κ3) is 4.25. The SMILES string of the molecule is Nc1c(NCc2ccc3c(c2)OCO3)ncnc1NNC(=O)c1ccc(Cl)cc1. The lowest BCUT2D eigenvalue weighted by atomic mass is 10.2. The van der Waals surface area contributed by atoms with E-state index < -0.39 is 0 Å². The first kappa shape index (κ1) is 18.6. The third-order valence-corrected chi connectivity index (χ3v) is 4.43. The van der Waals surface area contributed by atoms with Gasteiger partial charge in [0.05, 0.1) is 0 Å². The van der Waals surface area contributed by atoms with Crippen molar-refractivity contribution >= 4 is 34.8 Å². The molecule has 3 aromatic rings. The lowest BCUT2D eigenvalue weighted by Gasteiger charge is -2.13. The molecule has 9 nitrogen and oxygen atoms in total. The van der Waals surface area contributed by atoms with E-state index in [1.807, 2.05) is 18.2 Å². The molecule has 2 heterocycles. The minimum absolute atomic E-state index is 0.224. The molecule has 2 aromatic carbocycles. The van der Waals surface area contributed by atoms with Gasteiger partial charge in [0.25, 0.3) is 5.91 Å². The number of amides is 1. The van der Waals surface area contributed by atoms with Crippen LogP contribution in [0.4, 0.5) is 17.3 Å². The lowest BCUT2D eigenvalue weighted by molar-refractivity contribution is 0.0962. The molecule has 4 rings (SSSR count). The number of carbonyl (C=O) groups excluding carboxylic acids is 1. The van der Waals surface area contributed by atoms with Gasteiger partial charge in [0.2, 0.25) is 6.79 Å². The molecule has 0 bridgehead atoms. The van der Waals surface area contributed by atoms with Crippen LogP contribution in [0.15, 0.2) is 48.8 Å². The van der Waals surface area contributed by atoms with Crippen LogP contribution in [-0.4, -0.2) is 22.7 Å². The molecule has 0 saturated heterocycles. The second-order valence-corrected chi connectivity index (χ2v) is 6.55. The van der Waals surface area contributed by atoms with Gasteiger partial charge in [-0.1, -0.05) is 17.7 Å². The highest BCUT2D eigenvalue weighted by Crippen LogP contribution is 2.33. The summed E-state index contributed by atoms with van der Waals surface area (Å²) in [5.41, 5.74) is 13.1. The number of nitrogens with one attached hydrogen (secondary N) is 3. The molecule has 0 fully saturated rings. The number of fused-ring (bicyclic) bond motifs is 1. The summed E-state index contributed by atoms with van der Waals surface area (Å²) in [7, 11) is 0. The normalized spacial score (nSPS) is 11.8. The van der Waals surface area contributed by atoms with Crippen molar-refractivity contribution in [3.63, 3.8) is 0 Å². The smallest absolute Gasteiger partial charge is 0.269 e. The zero-order valence-corrected chi connectivity index (χ0v) is 15.9. The maximum atomic E-state index is 12.2. The first-order valence-electron chi connectivity index (χ1n) is 8.65. The molecule has 148 valence electrons. The summed E-state index contributed by atoms with van der Waals surface area (Å²) in [5, 5.41) is 3.70. The first-order valence-corrected chi connectivity index (χ1v) is 9.03. The number of hydrazine groups is 1. The second-order valence-electron chi connectivity index (χ2n) is 6.11. The molecule has 0 radical (unpaired) electrons. The number of halogens is 1. The second kappa shape index (κ2) is 8.11. The number of hydrogen-bond donors (Lipinski definition) is 4. The molecule has 0 atom stereocenters. The Hall–Kier alpha value is -3.72. The average Bonchev–Trinajstić information content (AvgIpc) is 3.20. The summed E-state index contributed by atoms with van der Waals surface area (Å²) in [5.74, 6) is 1.77. The van der Waals surface area contributed by atoms with Crippen molar-refractivity contribution < 1.29 is 14.3 Å². The minimum Gasteiger partial charge on any atom is -0.454 e. The molecule has 1 aliphatic rings. The Morgan fingerprint density at radius 1 is 1.07 bits per heavy atom. The number of aromatic nitrogens is 2. The first-order chi connectivity index (χ1) is 14.1. The maximum Gasteiger partial charge on any atom is 0.269 e. The van der Waals surface area contributed by atoms with Crippen LogP contribution in [0.25, 0.3) is 0 Å². The number of nitrogens with zero attached hydrogens (tertiary/aromatic N) is 2. The standard InChI is InChI=1S/C19H17ClN6O3/c20-13-4-2-12(3-5-13)19(27)26-25-18-16(21)17(23-9-24-18)22-8-11-1-6-14-15(7-11)29-10-28-14/h1-7,9H,8,10,21H2,(H,26,27)(H2,22,23,24,25). The number of nitrogens with two attached hydrogens (primary N) is 1. The van der Waals surface area contributed by atoms with Crippen molar-refractivity contribution in [1.29, 1.82) is 0 Å². The van der Waals surface area contributed by atoms with Crippen LogP contribution in [0.5, 0.6) is 11.5 Å². The molecule has 0 spiro atoms. The van der Waals surface area contributed by atoms with Crippen molar-refractivity contribution in [2.24, 2.45) is 0 Å². The molecule has 0 aliphatic carbocycles. The summed E-state index contributed by atoms with van der Waals surface area (Å²) >= 11 is 5.83. The van der Waals surface area contributed by atoms with Crippen molar-refractivity contribution in [1.82, 2.24) is 15.4 Å². The van der Waals surface area contributed by atoms with Gasteiger partial charge in [-0.15, -0.1) is 0 Å². The predicted octanol–water partition coefficient (Wildman–Crippen LogP) is 2.81. The van der Waals surface area contributed by atoms with Crippen LogP contribution >= 0.6 is 11.6 Å². The van der Waals surface area contributed by atoms with Gasteiger partial charge in [0, 0.05) is 17.1 Å². The highest BCUT2D eigenvalue weighted by atomic mass is 35.5. The van der Waals surface area contributed by atoms with E-state index in [1.54, 1.807) is 24.3 Å². The van der Waals surface area contributed by atoms with E-state index in [0.717, 1.165) is 11.3 Å². The van der Waals surface area contributed by atoms with Crippen molar-refractivity contribution in [3.05, 3.63) is 64.9 Å². The number of benzene rings is 2. The van der Waals surface area contributed by atoms with Gasteiger partial charge in [0.15, 0.2) is 23.1 Å². The van der Waals surface area contributed by atoms with E-state index in [9.17, 15) is 4.79 Å². The van der Waals surface area contributed by atoms with Crippen molar-refractivity contribution in [2.75, 3.05) is 23.3 Å². The van der Waals surface area contributed by atoms with Crippen LogP contribution < -0.4 is 31.4 Å². The molecular weight excluding hydrogens is 396 g/mol. The largest absolute Gasteiger partial charge is 0.454 e. The Balaban J connectivity index is 1.39. The van der Waals surface area contributed by atoms with Crippen LogP contribution in [0.3, 0.4) is 0 Å². The Labute approximate surface area is 171 Å². The molecule has 0 saturated carbocycles. The molecule has 29 heavy (non-hydrogen) atoms. The van der Waals surface area contributed by atoms with Gasteiger partial charge in [-0.25, -0.2) is 9.97 Å². The number of carbonyl (C=O) groups is 1. The van der Waals surface area contributed by atoms with E-state index in [0.29, 0.717) is 28.7 Å². The van der Waals surface area contributed by atoms with E-state index in [4.69, 9.17) is 26.8 Å². The summed E-state index contributed by atoms with van der Waals surface area (Å²) in [4.78, 5) is 20.4. The lowest BCUT2D eigenvalue weighted by Crippen LogP contribution is -2.30. The summed E-state index contributed by atoms with van der Waals surface area (Å²) in [6, 6.07) is 12.1. The van der Waals surface area contributed by atoms with E-state index in [2.05, 4.69) is 26.1 Å². The van der Waals surface area contributed by atoms with Gasteiger partial charge in [-0.3, -0.25) is 15.6 Å². The van der Waals surface area contributed by atoms with Gasteiger partial charge >= 0.3 is 0 Å². The van der Waals surface area contributed by atoms with Crippen LogP contribution in [0.2, 0.25) is 5.02 Å². The number of nitrogen functional groups attached to an aromatic ring is 1. The van der Waals surface area contributed by atoms with Gasteiger partial charge in [0.1, 0.15) is 12.0 Å². The molecule has 5 N–H and O–H groups in total. The average molecular weight is 413 g/mol. The summed E-state index contributed by atoms with van der Waals surface area (Å²) < 4.78 is 10.7. The van der Waals surface area contributed by atoms with Gasteiger partial charge < -0.3 is 20.5 Å². The Morgan fingerprint density at radius 3 is 2.66 bits per heavy atom. The molecule has 1 amide bonds. The Morgan fingerprint density at radius 2 is 1.83 bits per heavy atom. The van der Waals surface area contributed by atoms with E-state index >= 15 is 0 Å². The van der Waals surface area contributed by atoms with E-state index in [-0.39, 0.29) is 24.2 Å². The highest BCUT2D eigenvalue weighted by Gasteiger charge is 2.14. The fourth-order valence-corrected chi connectivity index (χ4v) is 2.79. The van der Waals surface area contributed by atoms with Crippen molar-refractivity contribution in [3.8, 4) is 11.5 Å². The molecule has 10 heteroatoms. The Kier molecular flexibility index (Phi) is 5.21. The quantitative estimate of drug-likeness (QED) is 0.456. The van der Waals surface area contributed by atoms with Crippen LogP contribution in [-0.2, 0) is 6.54 Å². The maximum absolute atomic E-state index is 12.2. The summed E-state index contributed by atoms with van der Waals surface area (Å²) in [6.45, 7) is 0.691. The molecule has 1 aromatic heterocycles. The molecule has 0 unspecified atom stereocenters. The van der Waals surface area contributed by atoms with E-state index in [1.165, 1.54) is 6.33 Å².